The topological polar surface area (TPSA) is 32.3 Å². The van der Waals surface area contributed by atoms with Crippen molar-refractivity contribution in [3.05, 3.63) is 0 Å². The van der Waals surface area contributed by atoms with Crippen LogP contribution in [0.15, 0.2) is 0 Å². The van der Waals surface area contributed by atoms with Crippen LogP contribution in [0.3, 0.4) is 0 Å². The third-order valence-corrected chi connectivity index (χ3v) is 4.66. The zero-order chi connectivity index (χ0) is 13.2. The van der Waals surface area contributed by atoms with Crippen molar-refractivity contribution in [1.29, 1.82) is 0 Å². The van der Waals surface area contributed by atoms with Gasteiger partial charge in [0.1, 0.15) is 0 Å². The minimum absolute atomic E-state index is 0.304. The SMILES string of the molecule is CCNC(C)(C)C(=O)N1CCCC1C1CCCC1. The first-order valence-electron chi connectivity index (χ1n) is 7.62. The summed E-state index contributed by atoms with van der Waals surface area (Å²) in [6, 6.07) is 0.526. The Morgan fingerprint density at radius 2 is 1.89 bits per heavy atom. The molecular weight excluding hydrogens is 224 g/mol. The van der Waals surface area contributed by atoms with Gasteiger partial charge in [0, 0.05) is 12.6 Å². The van der Waals surface area contributed by atoms with E-state index >= 15 is 0 Å². The Hall–Kier alpha value is -0.570. The average Bonchev–Trinajstić information content (AvgIpc) is 2.98. The van der Waals surface area contributed by atoms with Crippen molar-refractivity contribution in [2.24, 2.45) is 5.92 Å². The van der Waals surface area contributed by atoms with Crippen molar-refractivity contribution in [2.75, 3.05) is 13.1 Å². The molecule has 1 atom stereocenters. The molecule has 1 saturated heterocycles. The monoisotopic (exact) mass is 252 g/mol. The van der Waals surface area contributed by atoms with Crippen LogP contribution < -0.4 is 5.32 Å². The zero-order valence-corrected chi connectivity index (χ0v) is 12.2. The molecule has 2 fully saturated rings. The third-order valence-electron chi connectivity index (χ3n) is 4.66. The number of nitrogens with one attached hydrogen (secondary N) is 1. The van der Waals surface area contributed by atoms with Gasteiger partial charge in [0.2, 0.25) is 5.91 Å². The van der Waals surface area contributed by atoms with Gasteiger partial charge in [-0.15, -0.1) is 0 Å². The number of likely N-dealkylation sites (N-methyl/N-ethyl adjacent to an activating group) is 1. The second kappa shape index (κ2) is 5.60. The fraction of sp³-hybridized carbons (Fsp3) is 0.933. The van der Waals surface area contributed by atoms with Crippen molar-refractivity contribution < 1.29 is 4.79 Å². The smallest absolute Gasteiger partial charge is 0.242 e. The molecule has 1 heterocycles. The zero-order valence-electron chi connectivity index (χ0n) is 12.2. The number of rotatable bonds is 4. The molecule has 2 rings (SSSR count). The standard InChI is InChI=1S/C15H28N2O/c1-4-16-15(2,3)14(18)17-11-7-10-13(17)12-8-5-6-9-12/h12-13,16H,4-11H2,1-3H3. The van der Waals surface area contributed by atoms with E-state index < -0.39 is 5.54 Å². The van der Waals surface area contributed by atoms with Gasteiger partial charge >= 0.3 is 0 Å². The number of hydrogen-bond donors (Lipinski definition) is 1. The molecule has 1 amide bonds. The fourth-order valence-corrected chi connectivity index (χ4v) is 3.75. The Balaban J connectivity index is 2.04. The summed E-state index contributed by atoms with van der Waals surface area (Å²) in [5.41, 5.74) is -0.407. The molecular formula is C15H28N2O. The van der Waals surface area contributed by atoms with Gasteiger partial charge in [0.05, 0.1) is 5.54 Å². The van der Waals surface area contributed by atoms with Crippen LogP contribution in [0.25, 0.3) is 0 Å². The van der Waals surface area contributed by atoms with Crippen molar-refractivity contribution in [2.45, 2.75) is 70.9 Å². The van der Waals surface area contributed by atoms with E-state index in [2.05, 4.69) is 17.1 Å². The highest BCUT2D eigenvalue weighted by molar-refractivity contribution is 5.86. The third kappa shape index (κ3) is 2.71. The van der Waals surface area contributed by atoms with Gasteiger partial charge in [-0.2, -0.15) is 0 Å². The molecule has 0 aromatic carbocycles. The summed E-state index contributed by atoms with van der Waals surface area (Å²) in [6.07, 6.45) is 7.79. The molecule has 1 saturated carbocycles. The summed E-state index contributed by atoms with van der Waals surface area (Å²) >= 11 is 0. The lowest BCUT2D eigenvalue weighted by Gasteiger charge is -2.36. The largest absolute Gasteiger partial charge is 0.338 e. The van der Waals surface area contributed by atoms with Crippen LogP contribution in [0, 0.1) is 5.92 Å². The predicted molar refractivity (Wildman–Crippen MR) is 74.4 cm³/mol. The first-order chi connectivity index (χ1) is 8.56. The van der Waals surface area contributed by atoms with Gasteiger partial charge in [0.25, 0.3) is 0 Å². The van der Waals surface area contributed by atoms with Gasteiger partial charge in [-0.25, -0.2) is 0 Å². The number of hydrogen-bond acceptors (Lipinski definition) is 2. The van der Waals surface area contributed by atoms with Gasteiger partial charge < -0.3 is 10.2 Å². The molecule has 3 nitrogen and oxygen atoms in total. The number of nitrogens with zero attached hydrogens (tertiary/aromatic N) is 1. The summed E-state index contributed by atoms with van der Waals surface area (Å²) in [5, 5.41) is 3.32. The maximum absolute atomic E-state index is 12.7. The lowest BCUT2D eigenvalue weighted by Crippen LogP contribution is -2.56. The molecule has 0 radical (unpaired) electrons. The highest BCUT2D eigenvalue weighted by Gasteiger charge is 2.40. The van der Waals surface area contributed by atoms with Crippen molar-refractivity contribution in [3.63, 3.8) is 0 Å². The van der Waals surface area contributed by atoms with Crippen LogP contribution in [-0.4, -0.2) is 35.5 Å². The highest BCUT2D eigenvalue weighted by Crippen LogP contribution is 2.36. The highest BCUT2D eigenvalue weighted by atomic mass is 16.2. The molecule has 104 valence electrons. The summed E-state index contributed by atoms with van der Waals surface area (Å²) in [4.78, 5) is 14.9. The molecule has 3 heteroatoms. The van der Waals surface area contributed by atoms with Crippen LogP contribution >= 0.6 is 0 Å². The molecule has 0 aromatic rings. The number of carbonyl (C=O) groups is 1. The van der Waals surface area contributed by atoms with Crippen molar-refractivity contribution in [1.82, 2.24) is 10.2 Å². The summed E-state index contributed by atoms with van der Waals surface area (Å²) in [5.74, 6) is 1.08. The molecule has 1 unspecified atom stereocenters. The predicted octanol–water partition coefficient (Wildman–Crippen LogP) is 2.56. The van der Waals surface area contributed by atoms with Gasteiger partial charge in [0.15, 0.2) is 0 Å². The lowest BCUT2D eigenvalue weighted by atomic mass is 9.94. The maximum Gasteiger partial charge on any atom is 0.242 e. The van der Waals surface area contributed by atoms with E-state index in [1.807, 2.05) is 13.8 Å². The van der Waals surface area contributed by atoms with Gasteiger partial charge in [-0.05, 0) is 52.0 Å². The number of likely N-dealkylation sites (tertiary alicyclic amines) is 1. The van der Waals surface area contributed by atoms with E-state index in [1.54, 1.807) is 0 Å². The van der Waals surface area contributed by atoms with E-state index in [0.29, 0.717) is 11.9 Å². The van der Waals surface area contributed by atoms with Gasteiger partial charge in [-0.1, -0.05) is 19.8 Å². The Morgan fingerprint density at radius 1 is 1.22 bits per heavy atom. The number of amides is 1. The average molecular weight is 252 g/mol. The Kier molecular flexibility index (Phi) is 4.31. The van der Waals surface area contributed by atoms with Crippen LogP contribution in [0.2, 0.25) is 0 Å². The first-order valence-corrected chi connectivity index (χ1v) is 7.62. The van der Waals surface area contributed by atoms with E-state index in [9.17, 15) is 4.79 Å². The Bertz CT molecular complexity index is 295. The molecule has 0 aromatic heterocycles. The summed E-state index contributed by atoms with van der Waals surface area (Å²) < 4.78 is 0. The molecule has 0 spiro atoms. The normalized spacial score (nSPS) is 25.9. The molecule has 2 aliphatic rings. The van der Waals surface area contributed by atoms with Crippen molar-refractivity contribution >= 4 is 5.91 Å². The first kappa shape index (κ1) is 13.9. The Labute approximate surface area is 111 Å². The van der Waals surface area contributed by atoms with Crippen molar-refractivity contribution in [3.8, 4) is 0 Å². The summed E-state index contributed by atoms with van der Waals surface area (Å²) in [7, 11) is 0. The lowest BCUT2D eigenvalue weighted by molar-refractivity contribution is -0.138. The van der Waals surface area contributed by atoms with E-state index in [1.165, 1.54) is 38.5 Å². The minimum Gasteiger partial charge on any atom is -0.338 e. The van der Waals surface area contributed by atoms with Crippen LogP contribution in [-0.2, 0) is 4.79 Å². The molecule has 1 N–H and O–H groups in total. The molecule has 1 aliphatic carbocycles. The quantitative estimate of drug-likeness (QED) is 0.834. The van der Waals surface area contributed by atoms with Crippen LogP contribution in [0.4, 0.5) is 0 Å². The summed E-state index contributed by atoms with van der Waals surface area (Å²) in [6.45, 7) is 7.91. The van der Waals surface area contributed by atoms with E-state index in [-0.39, 0.29) is 0 Å². The maximum atomic E-state index is 12.7. The van der Waals surface area contributed by atoms with Gasteiger partial charge in [-0.3, -0.25) is 4.79 Å². The second-order valence-corrected chi connectivity index (χ2v) is 6.41. The minimum atomic E-state index is -0.407. The van der Waals surface area contributed by atoms with Crippen LogP contribution in [0.5, 0.6) is 0 Å². The number of carbonyl (C=O) groups excluding carboxylic acids is 1. The molecule has 0 bridgehead atoms. The fourth-order valence-electron chi connectivity index (χ4n) is 3.75. The van der Waals surface area contributed by atoms with E-state index in [0.717, 1.165) is 19.0 Å². The second-order valence-electron chi connectivity index (χ2n) is 6.41. The molecule has 1 aliphatic heterocycles. The molecule has 18 heavy (non-hydrogen) atoms. The van der Waals surface area contributed by atoms with Crippen LogP contribution in [0.1, 0.15) is 59.3 Å². The van der Waals surface area contributed by atoms with E-state index in [4.69, 9.17) is 0 Å². The Morgan fingerprint density at radius 3 is 2.50 bits per heavy atom.